The normalized spacial score (nSPS) is 11.0. The Morgan fingerprint density at radius 2 is 1.33 bits per heavy atom. The van der Waals surface area contributed by atoms with Crippen LogP contribution >= 0.6 is 0 Å². The second-order valence-electron chi connectivity index (χ2n) is 2.25. The number of hydrogen-bond acceptors (Lipinski definition) is 3. The van der Waals surface area contributed by atoms with Gasteiger partial charge in [0.05, 0.1) is 0 Å². The molecule has 74 valence electrons. The zero-order valence-corrected chi connectivity index (χ0v) is 10.4. The maximum atomic E-state index is 9.37. The van der Waals surface area contributed by atoms with Crippen molar-refractivity contribution >= 4 is 29.9 Å². The van der Waals surface area contributed by atoms with Crippen molar-refractivity contribution in [2.24, 2.45) is 0 Å². The molecule has 0 saturated carbocycles. The summed E-state index contributed by atoms with van der Waals surface area (Å²) in [5.41, 5.74) is 0. The molecule has 0 amide bonds. The van der Waals surface area contributed by atoms with Crippen LogP contribution in [0.25, 0.3) is 0 Å². The summed E-state index contributed by atoms with van der Waals surface area (Å²) in [5.74, 6) is 0. The van der Waals surface area contributed by atoms with Gasteiger partial charge in [0, 0.05) is 0 Å². The van der Waals surface area contributed by atoms with Crippen molar-refractivity contribution < 1.29 is 15.3 Å². The summed E-state index contributed by atoms with van der Waals surface area (Å²) < 4.78 is 0. The molecule has 0 aliphatic carbocycles. The fourth-order valence-corrected chi connectivity index (χ4v) is 4.25. The summed E-state index contributed by atoms with van der Waals surface area (Å²) in [4.78, 5) is 0. The van der Waals surface area contributed by atoms with Crippen molar-refractivity contribution in [3.8, 4) is 0 Å². The summed E-state index contributed by atoms with van der Waals surface area (Å²) in [7, 11) is 0. The zero-order chi connectivity index (χ0) is 9.23. The van der Waals surface area contributed by atoms with E-state index in [4.69, 9.17) is 10.2 Å². The van der Waals surface area contributed by atoms with Crippen molar-refractivity contribution in [2.75, 3.05) is 13.2 Å². The second kappa shape index (κ2) is 10.0. The Balaban J connectivity index is 3.04. The van der Waals surface area contributed by atoms with Crippen molar-refractivity contribution in [3.63, 3.8) is 0 Å². The number of hydrogen-bond donors (Lipinski definition) is 3. The molecule has 0 atom stereocenters. The van der Waals surface area contributed by atoms with Crippen LogP contribution in [0.15, 0.2) is 0 Å². The summed E-state index contributed by atoms with van der Waals surface area (Å²) in [6.07, 6.45) is -0.192. The first-order chi connectivity index (χ1) is 5.81. The van der Waals surface area contributed by atoms with E-state index in [9.17, 15) is 5.11 Å². The molecule has 0 heterocycles. The molecule has 0 aromatic rings. The van der Waals surface area contributed by atoms with E-state index < -0.39 is 0 Å². The van der Waals surface area contributed by atoms with E-state index >= 15 is 0 Å². The molecule has 0 radical (unpaired) electrons. The molecule has 0 aliphatic heterocycles. The van der Waals surface area contributed by atoms with Gasteiger partial charge in [-0.05, 0) is 0 Å². The van der Waals surface area contributed by atoms with Crippen LogP contribution in [0.3, 0.4) is 0 Å². The molecule has 3 N–H and O–H groups in total. The molecule has 3 nitrogen and oxygen atoms in total. The third-order valence-corrected chi connectivity index (χ3v) is 5.67. The topological polar surface area (TPSA) is 60.7 Å². The number of rotatable bonds is 8. The summed E-state index contributed by atoms with van der Waals surface area (Å²) >= 11 is 0.785. The van der Waals surface area contributed by atoms with E-state index in [-0.39, 0.29) is 19.3 Å². The molecule has 0 bridgehead atoms. The monoisotopic (exact) mass is 308 g/mol. The number of aliphatic hydroxyl groups excluding tert-OH is 3. The fraction of sp³-hybridized carbons (Fsp3) is 1.00. The average molecular weight is 306 g/mol. The van der Waals surface area contributed by atoms with Gasteiger partial charge in [-0.2, -0.15) is 0 Å². The Morgan fingerprint density at radius 3 is 1.67 bits per heavy atom. The van der Waals surface area contributed by atoms with Crippen LogP contribution in [0.1, 0.15) is 0 Å². The first kappa shape index (κ1) is 12.9. The molecular weight excluding hydrogens is 290 g/mol. The van der Waals surface area contributed by atoms with E-state index in [0.29, 0.717) is 29.9 Å². The van der Waals surface area contributed by atoms with Crippen LogP contribution in [-0.4, -0.2) is 64.6 Å². The van der Waals surface area contributed by atoms with Crippen LogP contribution in [0.2, 0.25) is 21.3 Å². The van der Waals surface area contributed by atoms with Crippen molar-refractivity contribution in [1.82, 2.24) is 0 Å². The van der Waals surface area contributed by atoms with Crippen LogP contribution < -0.4 is 0 Å². The predicted octanol–water partition coefficient (Wildman–Crippen LogP) is -0.587. The Kier molecular flexibility index (Phi) is 10.8. The minimum absolute atomic E-state index is 0.192. The molecule has 0 aliphatic rings. The Hall–Kier alpha value is 0.919. The molecule has 0 fully saturated rings. The third-order valence-electron chi connectivity index (χ3n) is 1.09. The quantitative estimate of drug-likeness (QED) is 0.415. The second-order valence-corrected chi connectivity index (χ2v) is 7.08. The molecule has 0 aromatic carbocycles. The standard InChI is InChI=1S/C7H16O3Se2/c8-1-3-11-5-7(10)6-12-4-2-9/h7-10H,1-6H2. The van der Waals surface area contributed by atoms with Crippen molar-refractivity contribution in [2.45, 2.75) is 27.4 Å². The van der Waals surface area contributed by atoms with E-state index in [1.807, 2.05) is 0 Å². The maximum absolute atomic E-state index is 9.37. The molecule has 0 unspecified atom stereocenters. The van der Waals surface area contributed by atoms with Gasteiger partial charge < -0.3 is 0 Å². The number of aliphatic hydroxyl groups is 3. The first-order valence-corrected chi connectivity index (χ1v) is 8.71. The van der Waals surface area contributed by atoms with Crippen LogP contribution in [0.5, 0.6) is 0 Å². The molecule has 0 rings (SSSR count). The summed E-state index contributed by atoms with van der Waals surface area (Å²) in [5, 5.41) is 29.8. The van der Waals surface area contributed by atoms with Crippen molar-refractivity contribution in [1.29, 1.82) is 0 Å². The molecule has 0 aromatic heterocycles. The molecule has 12 heavy (non-hydrogen) atoms. The van der Waals surface area contributed by atoms with E-state index in [2.05, 4.69) is 0 Å². The van der Waals surface area contributed by atoms with Gasteiger partial charge in [-0.1, -0.05) is 0 Å². The predicted molar refractivity (Wildman–Crippen MR) is 50.9 cm³/mol. The van der Waals surface area contributed by atoms with Gasteiger partial charge in [0.1, 0.15) is 0 Å². The van der Waals surface area contributed by atoms with Gasteiger partial charge in [0.2, 0.25) is 0 Å². The Morgan fingerprint density at radius 1 is 0.917 bits per heavy atom. The molecule has 5 heteroatoms. The van der Waals surface area contributed by atoms with E-state index in [1.54, 1.807) is 0 Å². The fourth-order valence-electron chi connectivity index (χ4n) is 0.616. The third kappa shape index (κ3) is 9.01. The van der Waals surface area contributed by atoms with Gasteiger partial charge >= 0.3 is 85.8 Å². The zero-order valence-electron chi connectivity index (χ0n) is 6.98. The van der Waals surface area contributed by atoms with Gasteiger partial charge in [-0.25, -0.2) is 0 Å². The average Bonchev–Trinajstić information content (AvgIpc) is 2.06. The molecular formula is C7H16O3Se2. The first-order valence-electron chi connectivity index (χ1n) is 3.86. The molecule has 0 spiro atoms. The van der Waals surface area contributed by atoms with E-state index in [0.717, 1.165) is 21.3 Å². The Labute approximate surface area is 85.9 Å². The molecule has 0 saturated heterocycles. The minimum atomic E-state index is -0.192. The van der Waals surface area contributed by atoms with Gasteiger partial charge in [-0.3, -0.25) is 0 Å². The van der Waals surface area contributed by atoms with Crippen LogP contribution in [0, 0.1) is 0 Å². The van der Waals surface area contributed by atoms with E-state index in [1.165, 1.54) is 0 Å². The van der Waals surface area contributed by atoms with Crippen molar-refractivity contribution in [3.05, 3.63) is 0 Å². The van der Waals surface area contributed by atoms with Gasteiger partial charge in [-0.15, -0.1) is 0 Å². The van der Waals surface area contributed by atoms with Crippen LogP contribution in [-0.2, 0) is 0 Å². The van der Waals surface area contributed by atoms with Crippen LogP contribution in [0.4, 0.5) is 0 Å². The van der Waals surface area contributed by atoms with Gasteiger partial charge in [0.15, 0.2) is 0 Å². The summed E-state index contributed by atoms with van der Waals surface area (Å²) in [6.45, 7) is 0.489. The van der Waals surface area contributed by atoms with Gasteiger partial charge in [0.25, 0.3) is 0 Å². The SMILES string of the molecule is OCC[Se]CC(O)C[Se]CCO. The Bertz CT molecular complexity index is 82.7. The summed E-state index contributed by atoms with van der Waals surface area (Å²) in [6, 6.07) is 0.